The second kappa shape index (κ2) is 5.16. The van der Waals surface area contributed by atoms with Crippen LogP contribution < -0.4 is 4.80 Å². The standard InChI is InChI=1S/C14H11ClN2OS2/c1-8-9(15)5-6-10-12(8)17(2)14(20-10)16-13(18)11-4-3-7-19-11/h3-7H,1-2H3. The highest BCUT2D eigenvalue weighted by atomic mass is 35.5. The molecule has 3 rings (SSSR count). The molecule has 3 aromatic rings. The second-order valence-corrected chi connectivity index (χ2v) is 6.72. The number of rotatable bonds is 1. The first kappa shape index (κ1) is 13.5. The normalized spacial score (nSPS) is 12.2. The summed E-state index contributed by atoms with van der Waals surface area (Å²) in [4.78, 5) is 17.6. The highest BCUT2D eigenvalue weighted by molar-refractivity contribution is 7.16. The Morgan fingerprint density at radius 3 is 2.85 bits per heavy atom. The molecule has 1 aromatic carbocycles. The molecule has 0 fully saturated rings. The zero-order valence-electron chi connectivity index (χ0n) is 10.9. The van der Waals surface area contributed by atoms with Crippen molar-refractivity contribution in [2.45, 2.75) is 6.92 Å². The smallest absolute Gasteiger partial charge is 0.289 e. The molecule has 0 saturated carbocycles. The van der Waals surface area contributed by atoms with E-state index in [1.165, 1.54) is 22.7 Å². The highest BCUT2D eigenvalue weighted by Crippen LogP contribution is 2.26. The van der Waals surface area contributed by atoms with E-state index in [1.807, 2.05) is 42.1 Å². The Kier molecular flexibility index (Phi) is 3.50. The van der Waals surface area contributed by atoms with E-state index in [9.17, 15) is 4.79 Å². The molecule has 0 spiro atoms. The summed E-state index contributed by atoms with van der Waals surface area (Å²) in [7, 11) is 1.91. The van der Waals surface area contributed by atoms with Crippen LogP contribution in [0.5, 0.6) is 0 Å². The van der Waals surface area contributed by atoms with Crippen molar-refractivity contribution >= 4 is 50.4 Å². The Labute approximate surface area is 128 Å². The molecule has 0 saturated heterocycles. The Balaban J connectivity index is 2.21. The minimum atomic E-state index is -0.203. The van der Waals surface area contributed by atoms with E-state index in [1.54, 1.807) is 6.07 Å². The molecule has 3 nitrogen and oxygen atoms in total. The highest BCUT2D eigenvalue weighted by Gasteiger charge is 2.10. The fourth-order valence-corrected chi connectivity index (χ4v) is 3.89. The average molecular weight is 323 g/mol. The van der Waals surface area contributed by atoms with Crippen molar-refractivity contribution in [3.63, 3.8) is 0 Å². The zero-order chi connectivity index (χ0) is 14.3. The molecule has 0 aliphatic carbocycles. The SMILES string of the molecule is Cc1c(Cl)ccc2sc(=NC(=O)c3cccs3)n(C)c12. The molecular weight excluding hydrogens is 312 g/mol. The van der Waals surface area contributed by atoms with Gasteiger partial charge >= 0.3 is 0 Å². The van der Waals surface area contributed by atoms with E-state index in [-0.39, 0.29) is 5.91 Å². The van der Waals surface area contributed by atoms with Crippen LogP contribution in [0.25, 0.3) is 10.2 Å². The molecule has 6 heteroatoms. The molecule has 0 radical (unpaired) electrons. The Morgan fingerprint density at radius 2 is 2.15 bits per heavy atom. The topological polar surface area (TPSA) is 34.4 Å². The monoisotopic (exact) mass is 322 g/mol. The third-order valence-corrected chi connectivity index (χ3v) is 5.44. The number of hydrogen-bond acceptors (Lipinski definition) is 3. The van der Waals surface area contributed by atoms with Gasteiger partial charge in [-0.25, -0.2) is 0 Å². The van der Waals surface area contributed by atoms with Gasteiger partial charge in [0.1, 0.15) is 0 Å². The van der Waals surface area contributed by atoms with Gasteiger partial charge in [0.05, 0.1) is 15.1 Å². The summed E-state index contributed by atoms with van der Waals surface area (Å²) in [6.45, 7) is 1.97. The third kappa shape index (κ3) is 2.22. The van der Waals surface area contributed by atoms with Crippen molar-refractivity contribution in [2.75, 3.05) is 0 Å². The fraction of sp³-hybridized carbons (Fsp3) is 0.143. The van der Waals surface area contributed by atoms with Crippen molar-refractivity contribution in [3.05, 3.63) is 49.9 Å². The van der Waals surface area contributed by atoms with Crippen LogP contribution in [0.2, 0.25) is 5.02 Å². The predicted molar refractivity (Wildman–Crippen MR) is 84.8 cm³/mol. The van der Waals surface area contributed by atoms with Gasteiger partial charge in [-0.15, -0.1) is 11.3 Å². The van der Waals surface area contributed by atoms with Crippen LogP contribution in [0.3, 0.4) is 0 Å². The first-order valence-electron chi connectivity index (χ1n) is 5.95. The van der Waals surface area contributed by atoms with Crippen LogP contribution in [0.15, 0.2) is 34.6 Å². The molecule has 0 bridgehead atoms. The summed E-state index contributed by atoms with van der Waals surface area (Å²) in [6, 6.07) is 7.47. The summed E-state index contributed by atoms with van der Waals surface area (Å²) >= 11 is 9.04. The van der Waals surface area contributed by atoms with Crippen molar-refractivity contribution in [2.24, 2.45) is 12.0 Å². The van der Waals surface area contributed by atoms with Crippen molar-refractivity contribution in [1.29, 1.82) is 0 Å². The number of carbonyl (C=O) groups excluding carboxylic acids is 1. The number of thiazole rings is 1. The number of halogens is 1. The number of benzene rings is 1. The lowest BCUT2D eigenvalue weighted by Crippen LogP contribution is -2.13. The Bertz CT molecular complexity index is 859. The first-order chi connectivity index (χ1) is 9.58. The van der Waals surface area contributed by atoms with Gasteiger partial charge in [-0.3, -0.25) is 4.79 Å². The van der Waals surface area contributed by atoms with Crippen LogP contribution >= 0.6 is 34.3 Å². The number of nitrogens with zero attached hydrogens (tertiary/aromatic N) is 2. The van der Waals surface area contributed by atoms with Gasteiger partial charge in [0.2, 0.25) is 0 Å². The van der Waals surface area contributed by atoms with Gasteiger partial charge in [-0.05, 0) is 36.1 Å². The van der Waals surface area contributed by atoms with E-state index in [2.05, 4.69) is 4.99 Å². The van der Waals surface area contributed by atoms with Crippen LogP contribution in [-0.2, 0) is 7.05 Å². The van der Waals surface area contributed by atoms with Gasteiger partial charge in [0.15, 0.2) is 4.80 Å². The van der Waals surface area contributed by atoms with E-state index in [0.717, 1.165) is 20.8 Å². The lowest BCUT2D eigenvalue weighted by molar-refractivity contribution is 0.100. The quantitative estimate of drug-likeness (QED) is 0.666. The Hall–Kier alpha value is -1.43. The molecule has 0 unspecified atom stereocenters. The minimum Gasteiger partial charge on any atom is -0.319 e. The van der Waals surface area contributed by atoms with Crippen LogP contribution in [0, 0.1) is 6.92 Å². The number of carbonyl (C=O) groups is 1. The van der Waals surface area contributed by atoms with Gasteiger partial charge in [-0.1, -0.05) is 29.0 Å². The third-order valence-electron chi connectivity index (χ3n) is 3.08. The first-order valence-corrected chi connectivity index (χ1v) is 8.02. The largest absolute Gasteiger partial charge is 0.319 e. The summed E-state index contributed by atoms with van der Waals surface area (Å²) in [5.74, 6) is -0.203. The Morgan fingerprint density at radius 1 is 1.35 bits per heavy atom. The van der Waals surface area contributed by atoms with Gasteiger partial charge < -0.3 is 4.57 Å². The molecular formula is C14H11ClN2OS2. The summed E-state index contributed by atoms with van der Waals surface area (Å²) in [5, 5.41) is 2.60. The van der Waals surface area contributed by atoms with E-state index in [0.29, 0.717) is 9.68 Å². The number of aryl methyl sites for hydroxylation is 2. The summed E-state index contributed by atoms with van der Waals surface area (Å²) < 4.78 is 3.00. The van der Waals surface area contributed by atoms with E-state index >= 15 is 0 Å². The lowest BCUT2D eigenvalue weighted by Gasteiger charge is -2.01. The second-order valence-electron chi connectivity index (χ2n) is 4.36. The molecule has 20 heavy (non-hydrogen) atoms. The molecule has 102 valence electrons. The van der Waals surface area contributed by atoms with Crippen LogP contribution in [0.4, 0.5) is 0 Å². The van der Waals surface area contributed by atoms with Crippen LogP contribution in [-0.4, -0.2) is 10.5 Å². The predicted octanol–water partition coefficient (Wildman–Crippen LogP) is 4.00. The average Bonchev–Trinajstić information content (AvgIpc) is 3.04. The molecule has 1 amide bonds. The molecule has 0 atom stereocenters. The minimum absolute atomic E-state index is 0.203. The van der Waals surface area contributed by atoms with Gasteiger partial charge in [0, 0.05) is 12.1 Å². The maximum absolute atomic E-state index is 12.1. The zero-order valence-corrected chi connectivity index (χ0v) is 13.3. The van der Waals surface area contributed by atoms with Gasteiger partial charge in [0.25, 0.3) is 5.91 Å². The maximum Gasteiger partial charge on any atom is 0.289 e. The van der Waals surface area contributed by atoms with E-state index < -0.39 is 0 Å². The fourth-order valence-electron chi connectivity index (χ4n) is 2.05. The van der Waals surface area contributed by atoms with Crippen molar-refractivity contribution in [3.8, 4) is 0 Å². The summed E-state index contributed by atoms with van der Waals surface area (Å²) in [6.07, 6.45) is 0. The molecule has 0 N–H and O–H groups in total. The number of fused-ring (bicyclic) bond motifs is 1. The summed E-state index contributed by atoms with van der Waals surface area (Å²) in [5.41, 5.74) is 2.04. The molecule has 0 aliphatic heterocycles. The van der Waals surface area contributed by atoms with Crippen molar-refractivity contribution < 1.29 is 4.79 Å². The van der Waals surface area contributed by atoms with Crippen LogP contribution in [0.1, 0.15) is 15.2 Å². The van der Waals surface area contributed by atoms with Crippen molar-refractivity contribution in [1.82, 2.24) is 4.57 Å². The maximum atomic E-state index is 12.1. The number of thiophene rings is 1. The lowest BCUT2D eigenvalue weighted by atomic mass is 10.2. The molecule has 2 aromatic heterocycles. The molecule has 2 heterocycles. The number of aromatic nitrogens is 1. The van der Waals surface area contributed by atoms with Gasteiger partial charge in [-0.2, -0.15) is 4.99 Å². The van der Waals surface area contributed by atoms with E-state index in [4.69, 9.17) is 11.6 Å². The number of hydrogen-bond donors (Lipinski definition) is 0. The number of amides is 1. The molecule has 0 aliphatic rings.